The monoisotopic (exact) mass is 572 g/mol. The Morgan fingerprint density at radius 2 is 0.907 bits per heavy atom. The maximum atomic E-state index is 13.5. The molecule has 0 amide bonds. The maximum absolute atomic E-state index is 13.5. The van der Waals surface area contributed by atoms with Gasteiger partial charge in [-0.3, -0.25) is 0 Å². The fourth-order valence-electron chi connectivity index (χ4n) is 5.90. The number of carbonyl (C=O) groups excluding carboxylic acids is 2. The molecule has 0 aromatic heterocycles. The Balaban J connectivity index is 1.22. The molecule has 0 bridgehead atoms. The number of rotatable bonds is 9. The summed E-state index contributed by atoms with van der Waals surface area (Å²) in [5.41, 5.74) is 1.49. The molecule has 0 saturated carbocycles. The van der Waals surface area contributed by atoms with Crippen molar-refractivity contribution >= 4 is 55.0 Å². The molecule has 0 N–H and O–H groups in total. The van der Waals surface area contributed by atoms with Crippen molar-refractivity contribution in [3.63, 3.8) is 0 Å². The molecule has 6 heteroatoms. The highest BCUT2D eigenvalue weighted by atomic mass is 16.6. The Hall–Kier alpha value is -4.78. The van der Waals surface area contributed by atoms with Gasteiger partial charge in [0.05, 0.1) is 0 Å². The smallest absolute Gasteiger partial charge is 0.340 e. The minimum Gasteiger partial charge on any atom is -0.460 e. The molecule has 216 valence electrons. The van der Waals surface area contributed by atoms with E-state index in [1.807, 2.05) is 97.1 Å². The van der Waals surface area contributed by atoms with Gasteiger partial charge >= 0.3 is 11.9 Å². The van der Waals surface area contributed by atoms with E-state index in [0.717, 1.165) is 54.2 Å². The van der Waals surface area contributed by atoms with Crippen LogP contribution in [0.15, 0.2) is 109 Å². The van der Waals surface area contributed by atoms with Gasteiger partial charge in [-0.1, -0.05) is 97.1 Å². The molecular formula is C37H32O6. The third kappa shape index (κ3) is 5.43. The van der Waals surface area contributed by atoms with Crippen molar-refractivity contribution in [2.45, 2.75) is 25.2 Å². The van der Waals surface area contributed by atoms with Crippen LogP contribution in [-0.2, 0) is 28.5 Å². The molecule has 0 aliphatic rings. The first kappa shape index (κ1) is 28.3. The lowest BCUT2D eigenvalue weighted by atomic mass is 9.93. The van der Waals surface area contributed by atoms with Gasteiger partial charge < -0.3 is 18.9 Å². The Labute approximate surface area is 249 Å². The van der Waals surface area contributed by atoms with Crippen LogP contribution < -0.4 is 0 Å². The van der Waals surface area contributed by atoms with Crippen LogP contribution in [0.4, 0.5) is 0 Å². The van der Waals surface area contributed by atoms with E-state index >= 15 is 0 Å². The van der Waals surface area contributed by atoms with Crippen molar-refractivity contribution in [3.8, 4) is 0 Å². The minimum atomic E-state index is -0.970. The van der Waals surface area contributed by atoms with Gasteiger partial charge in [0.15, 0.2) is 12.2 Å². The average Bonchev–Trinajstić information content (AvgIpc) is 3.03. The summed E-state index contributed by atoms with van der Waals surface area (Å²) < 4.78 is 22.9. The van der Waals surface area contributed by atoms with Crippen LogP contribution in [0.1, 0.15) is 30.3 Å². The molecule has 3 atom stereocenters. The van der Waals surface area contributed by atoms with Crippen molar-refractivity contribution in [2.24, 2.45) is 0 Å². The fraction of sp³-hybridized carbons (Fsp3) is 0.189. The van der Waals surface area contributed by atoms with Gasteiger partial charge in [-0.25, -0.2) is 9.59 Å². The van der Waals surface area contributed by atoms with E-state index in [4.69, 9.17) is 18.9 Å². The standard InChI is InChI=1S/C37H32O6/c1-23(43-37(39)35(41-3)33-30-18-10-6-14-26(30)21-27-15-7-11-19-31(27)33)22-42-36(38)34(40-2)32-28-16-8-4-12-24(28)20-25-13-5-9-17-29(25)32/h4-21,23,34-35H,22H2,1-3H3/t23-,34+,35+/m0/s1. The normalized spacial score (nSPS) is 13.7. The minimum absolute atomic E-state index is 0.139. The largest absolute Gasteiger partial charge is 0.460 e. The number of hydrogen-bond donors (Lipinski definition) is 0. The quantitative estimate of drug-likeness (QED) is 0.130. The first-order valence-corrected chi connectivity index (χ1v) is 14.2. The molecule has 0 unspecified atom stereocenters. The second-order valence-electron chi connectivity index (χ2n) is 10.6. The van der Waals surface area contributed by atoms with Crippen LogP contribution in [0.25, 0.3) is 43.1 Å². The Morgan fingerprint density at radius 1 is 0.558 bits per heavy atom. The highest BCUT2D eigenvalue weighted by Gasteiger charge is 2.30. The predicted octanol–water partition coefficient (Wildman–Crippen LogP) is 7.85. The fourth-order valence-corrected chi connectivity index (χ4v) is 5.90. The van der Waals surface area contributed by atoms with Gasteiger partial charge in [-0.05, 0) is 62.1 Å². The van der Waals surface area contributed by atoms with Crippen LogP contribution in [-0.4, -0.2) is 38.9 Å². The Kier molecular flexibility index (Phi) is 8.05. The van der Waals surface area contributed by atoms with Crippen molar-refractivity contribution < 1.29 is 28.5 Å². The second kappa shape index (κ2) is 12.2. The van der Waals surface area contributed by atoms with Gasteiger partial charge in [-0.2, -0.15) is 0 Å². The molecule has 43 heavy (non-hydrogen) atoms. The molecule has 0 radical (unpaired) electrons. The lowest BCUT2D eigenvalue weighted by Gasteiger charge is -2.23. The number of methoxy groups -OCH3 is 2. The van der Waals surface area contributed by atoms with Gasteiger partial charge in [0, 0.05) is 25.3 Å². The summed E-state index contributed by atoms with van der Waals surface area (Å²) >= 11 is 0. The van der Waals surface area contributed by atoms with Crippen LogP contribution in [0.2, 0.25) is 0 Å². The number of carbonyl (C=O) groups is 2. The number of fused-ring (bicyclic) bond motifs is 4. The lowest BCUT2D eigenvalue weighted by molar-refractivity contribution is -0.170. The highest BCUT2D eigenvalue weighted by Crippen LogP contribution is 2.36. The number of esters is 2. The molecule has 0 aliphatic carbocycles. The summed E-state index contributed by atoms with van der Waals surface area (Å²) in [6.07, 6.45) is -2.66. The van der Waals surface area contributed by atoms with Crippen molar-refractivity contribution in [1.82, 2.24) is 0 Å². The molecule has 6 rings (SSSR count). The Morgan fingerprint density at radius 3 is 1.28 bits per heavy atom. The molecule has 6 aromatic carbocycles. The number of ether oxygens (including phenoxy) is 4. The summed E-state index contributed by atoms with van der Waals surface area (Å²) in [6.45, 7) is 1.55. The van der Waals surface area contributed by atoms with Crippen LogP contribution in [0.5, 0.6) is 0 Å². The van der Waals surface area contributed by atoms with Crippen molar-refractivity contribution in [2.75, 3.05) is 20.8 Å². The van der Waals surface area contributed by atoms with Crippen molar-refractivity contribution in [3.05, 3.63) is 120 Å². The molecule has 6 aromatic rings. The lowest BCUT2D eigenvalue weighted by Crippen LogP contribution is -2.28. The second-order valence-corrected chi connectivity index (χ2v) is 10.6. The zero-order valence-corrected chi connectivity index (χ0v) is 24.3. The van der Waals surface area contributed by atoms with E-state index in [2.05, 4.69) is 12.1 Å². The summed E-state index contributed by atoms with van der Waals surface area (Å²) in [7, 11) is 2.98. The molecule has 6 nitrogen and oxygen atoms in total. The topological polar surface area (TPSA) is 71.1 Å². The summed E-state index contributed by atoms with van der Waals surface area (Å²) in [6, 6.07) is 35.7. The van der Waals surface area contributed by atoms with Gasteiger partial charge in [0.2, 0.25) is 0 Å². The summed E-state index contributed by atoms with van der Waals surface area (Å²) in [5, 5.41) is 7.65. The predicted molar refractivity (Wildman–Crippen MR) is 169 cm³/mol. The molecule has 0 saturated heterocycles. The molecule has 0 heterocycles. The molecule has 0 fully saturated rings. The molecule has 0 spiro atoms. The summed E-state index contributed by atoms with van der Waals surface area (Å²) in [4.78, 5) is 27.0. The van der Waals surface area contributed by atoms with E-state index in [0.29, 0.717) is 0 Å². The zero-order valence-electron chi connectivity index (χ0n) is 24.3. The molecule has 0 aliphatic heterocycles. The maximum Gasteiger partial charge on any atom is 0.340 e. The van der Waals surface area contributed by atoms with Gasteiger partial charge in [0.25, 0.3) is 0 Å². The van der Waals surface area contributed by atoms with Crippen LogP contribution in [0, 0.1) is 0 Å². The van der Waals surface area contributed by atoms with E-state index in [1.54, 1.807) is 6.92 Å². The van der Waals surface area contributed by atoms with Crippen LogP contribution >= 0.6 is 0 Å². The first-order valence-electron chi connectivity index (χ1n) is 14.2. The van der Waals surface area contributed by atoms with Crippen molar-refractivity contribution in [1.29, 1.82) is 0 Å². The summed E-state index contributed by atoms with van der Waals surface area (Å²) in [5.74, 6) is -1.12. The first-order chi connectivity index (χ1) is 21.0. The zero-order chi connectivity index (χ0) is 29.9. The number of benzene rings is 6. The van der Waals surface area contributed by atoms with E-state index in [1.165, 1.54) is 14.2 Å². The molecular weight excluding hydrogens is 540 g/mol. The van der Waals surface area contributed by atoms with Crippen LogP contribution in [0.3, 0.4) is 0 Å². The SMILES string of the molecule is CO[C@@H](C(=O)OC[C@H](C)OC(=O)[C@H](OC)c1c2ccccc2cc2ccccc12)c1c2ccccc2cc2ccccc12. The van der Waals surface area contributed by atoms with Gasteiger partial charge in [-0.15, -0.1) is 0 Å². The number of hydrogen-bond acceptors (Lipinski definition) is 6. The highest BCUT2D eigenvalue weighted by molar-refractivity contribution is 6.06. The van der Waals surface area contributed by atoms with E-state index < -0.39 is 30.3 Å². The average molecular weight is 573 g/mol. The van der Waals surface area contributed by atoms with Gasteiger partial charge in [0.1, 0.15) is 12.7 Å². The van der Waals surface area contributed by atoms with E-state index in [-0.39, 0.29) is 6.61 Å². The third-order valence-electron chi connectivity index (χ3n) is 7.83. The Bertz CT molecular complexity index is 1850. The third-order valence-corrected chi connectivity index (χ3v) is 7.83. The van der Waals surface area contributed by atoms with E-state index in [9.17, 15) is 9.59 Å².